The summed E-state index contributed by atoms with van der Waals surface area (Å²) in [6, 6.07) is 8.54. The van der Waals surface area contributed by atoms with Gasteiger partial charge in [-0.3, -0.25) is 4.98 Å². The Labute approximate surface area is 144 Å². The molecule has 0 atom stereocenters. The maximum absolute atomic E-state index is 5.88. The Balaban J connectivity index is 0.00000192. The summed E-state index contributed by atoms with van der Waals surface area (Å²) in [6.45, 7) is 9.46. The number of hydrogen-bond acceptors (Lipinski definition) is 2. The van der Waals surface area contributed by atoms with Crippen molar-refractivity contribution in [3.63, 3.8) is 0 Å². The number of fused-ring (bicyclic) bond motifs is 3. The van der Waals surface area contributed by atoms with Crippen molar-refractivity contribution in [1.82, 2.24) is 9.55 Å². The number of unbranched alkanes of at least 4 members (excludes halogenated alkanes) is 1. The van der Waals surface area contributed by atoms with Crippen LogP contribution in [0.1, 0.15) is 39.3 Å². The first-order valence-corrected chi connectivity index (χ1v) is 8.16. The van der Waals surface area contributed by atoms with Gasteiger partial charge in [0, 0.05) is 29.6 Å². The number of benzene rings is 1. The van der Waals surface area contributed by atoms with Crippen LogP contribution in [-0.2, 0) is 6.54 Å². The highest BCUT2D eigenvalue weighted by Crippen LogP contribution is 2.33. The van der Waals surface area contributed by atoms with Gasteiger partial charge in [-0.05, 0) is 45.4 Å². The van der Waals surface area contributed by atoms with Crippen molar-refractivity contribution in [1.29, 1.82) is 0 Å². The molecule has 3 rings (SSSR count). The van der Waals surface area contributed by atoms with Gasteiger partial charge in [0.1, 0.15) is 5.75 Å². The van der Waals surface area contributed by atoms with Crippen LogP contribution in [0.2, 0.25) is 0 Å². The molecule has 0 N–H and O–H groups in total. The normalized spacial score (nSPS) is 11.2. The second-order valence-corrected chi connectivity index (χ2v) is 6.14. The van der Waals surface area contributed by atoms with Crippen molar-refractivity contribution in [3.8, 4) is 5.75 Å². The van der Waals surface area contributed by atoms with Crippen molar-refractivity contribution in [3.05, 3.63) is 36.2 Å². The quantitative estimate of drug-likeness (QED) is 0.616. The fraction of sp³-hybridized carbons (Fsp3) is 0.421. The Bertz CT molecular complexity index is 808. The van der Waals surface area contributed by atoms with Gasteiger partial charge in [-0.15, -0.1) is 12.4 Å². The first-order chi connectivity index (χ1) is 10.6. The highest BCUT2D eigenvalue weighted by Gasteiger charge is 2.13. The summed E-state index contributed by atoms with van der Waals surface area (Å²) in [7, 11) is 0. The lowest BCUT2D eigenvalue weighted by atomic mass is 10.1. The summed E-state index contributed by atoms with van der Waals surface area (Å²) < 4.78 is 8.29. The average Bonchev–Trinajstić information content (AvgIpc) is 2.79. The Kier molecular flexibility index (Phi) is 5.53. The number of nitrogens with zero attached hydrogens (tertiary/aromatic N) is 2. The molecule has 0 aliphatic rings. The van der Waals surface area contributed by atoms with Gasteiger partial charge in [-0.1, -0.05) is 13.3 Å². The number of hydrogen-bond donors (Lipinski definition) is 0. The van der Waals surface area contributed by atoms with Crippen LogP contribution in [0.3, 0.4) is 0 Å². The minimum absolute atomic E-state index is 0. The first kappa shape index (κ1) is 17.6. The summed E-state index contributed by atoms with van der Waals surface area (Å²) in [5, 5.41) is 2.57. The van der Waals surface area contributed by atoms with Crippen LogP contribution in [-0.4, -0.2) is 15.7 Å². The zero-order chi connectivity index (χ0) is 15.7. The molecule has 0 aliphatic heterocycles. The van der Waals surface area contributed by atoms with Crippen LogP contribution < -0.4 is 4.74 Å². The van der Waals surface area contributed by atoms with Gasteiger partial charge in [-0.25, -0.2) is 0 Å². The lowest BCUT2D eigenvalue weighted by molar-refractivity contribution is 0.242. The van der Waals surface area contributed by atoms with E-state index in [4.69, 9.17) is 4.74 Å². The van der Waals surface area contributed by atoms with E-state index in [-0.39, 0.29) is 18.5 Å². The average molecular weight is 333 g/mol. The molecule has 1 aromatic carbocycles. The van der Waals surface area contributed by atoms with Crippen LogP contribution in [0.25, 0.3) is 21.8 Å². The number of pyridine rings is 1. The predicted molar refractivity (Wildman–Crippen MR) is 99.9 cm³/mol. The Morgan fingerprint density at radius 3 is 2.65 bits per heavy atom. The SMILES string of the molecule is CCCCn1c2cc(OC(C)C)ccc2c2ccnc(C)c21.Cl. The van der Waals surface area contributed by atoms with Crippen molar-refractivity contribution in [2.75, 3.05) is 0 Å². The predicted octanol–water partition coefficient (Wildman–Crippen LogP) is 5.51. The topological polar surface area (TPSA) is 27.1 Å². The number of halogens is 1. The van der Waals surface area contributed by atoms with E-state index >= 15 is 0 Å². The second kappa shape index (κ2) is 7.22. The molecule has 0 amide bonds. The Hall–Kier alpha value is -1.74. The van der Waals surface area contributed by atoms with E-state index in [2.05, 4.69) is 61.5 Å². The van der Waals surface area contributed by atoms with E-state index in [1.165, 1.54) is 34.6 Å². The van der Waals surface area contributed by atoms with Gasteiger partial charge >= 0.3 is 0 Å². The molecular formula is C19H25ClN2O. The molecule has 0 aliphatic carbocycles. The third-order valence-electron chi connectivity index (χ3n) is 4.03. The molecule has 0 saturated carbocycles. The number of aryl methyl sites for hydroxylation is 2. The standard InChI is InChI=1S/C19H24N2O.ClH/c1-5-6-11-21-18-12-15(22-13(2)3)7-8-16(18)17-9-10-20-14(4)19(17)21;/h7-10,12-13H,5-6,11H2,1-4H3;1H. The lowest BCUT2D eigenvalue weighted by Gasteiger charge is -2.11. The van der Waals surface area contributed by atoms with Gasteiger partial charge in [0.25, 0.3) is 0 Å². The molecule has 0 saturated heterocycles. The fourth-order valence-electron chi connectivity index (χ4n) is 3.09. The van der Waals surface area contributed by atoms with Crippen LogP contribution >= 0.6 is 12.4 Å². The zero-order valence-electron chi connectivity index (χ0n) is 14.3. The van der Waals surface area contributed by atoms with E-state index in [9.17, 15) is 0 Å². The molecule has 0 spiro atoms. The monoisotopic (exact) mass is 332 g/mol. The maximum atomic E-state index is 5.88. The molecule has 0 unspecified atom stereocenters. The minimum Gasteiger partial charge on any atom is -0.491 e. The Morgan fingerprint density at radius 1 is 1.17 bits per heavy atom. The zero-order valence-corrected chi connectivity index (χ0v) is 15.1. The molecule has 124 valence electrons. The molecule has 0 radical (unpaired) electrons. The van der Waals surface area contributed by atoms with Gasteiger partial charge < -0.3 is 9.30 Å². The van der Waals surface area contributed by atoms with E-state index in [1.807, 2.05) is 6.20 Å². The van der Waals surface area contributed by atoms with Crippen LogP contribution in [0.4, 0.5) is 0 Å². The van der Waals surface area contributed by atoms with E-state index in [0.717, 1.165) is 18.0 Å². The molecule has 2 heterocycles. The second-order valence-electron chi connectivity index (χ2n) is 6.14. The summed E-state index contributed by atoms with van der Waals surface area (Å²) in [5.74, 6) is 0.939. The smallest absolute Gasteiger partial charge is 0.121 e. The van der Waals surface area contributed by atoms with Crippen molar-refractivity contribution in [2.45, 2.75) is 53.2 Å². The van der Waals surface area contributed by atoms with Crippen LogP contribution in [0.15, 0.2) is 30.5 Å². The molecule has 0 fully saturated rings. The maximum Gasteiger partial charge on any atom is 0.121 e. The number of ether oxygens (including phenoxy) is 1. The molecule has 3 aromatic rings. The highest BCUT2D eigenvalue weighted by atomic mass is 35.5. The van der Waals surface area contributed by atoms with Crippen molar-refractivity contribution < 1.29 is 4.74 Å². The third-order valence-corrected chi connectivity index (χ3v) is 4.03. The van der Waals surface area contributed by atoms with Crippen LogP contribution in [0.5, 0.6) is 5.75 Å². The molecule has 2 aromatic heterocycles. The van der Waals surface area contributed by atoms with Gasteiger partial charge in [0.05, 0.1) is 22.8 Å². The van der Waals surface area contributed by atoms with Gasteiger partial charge in [-0.2, -0.15) is 0 Å². The van der Waals surface area contributed by atoms with E-state index in [1.54, 1.807) is 0 Å². The van der Waals surface area contributed by atoms with Gasteiger partial charge in [0.15, 0.2) is 0 Å². The van der Waals surface area contributed by atoms with Crippen LogP contribution in [0, 0.1) is 6.92 Å². The molecular weight excluding hydrogens is 308 g/mol. The summed E-state index contributed by atoms with van der Waals surface area (Å²) in [5.41, 5.74) is 3.60. The first-order valence-electron chi connectivity index (χ1n) is 8.16. The largest absolute Gasteiger partial charge is 0.491 e. The van der Waals surface area contributed by atoms with Crippen molar-refractivity contribution in [2.24, 2.45) is 0 Å². The van der Waals surface area contributed by atoms with Crippen molar-refractivity contribution >= 4 is 34.2 Å². The fourth-order valence-corrected chi connectivity index (χ4v) is 3.09. The van der Waals surface area contributed by atoms with Gasteiger partial charge in [0.2, 0.25) is 0 Å². The summed E-state index contributed by atoms with van der Waals surface area (Å²) in [6.07, 6.45) is 4.44. The molecule has 23 heavy (non-hydrogen) atoms. The number of rotatable bonds is 5. The Morgan fingerprint density at radius 2 is 1.96 bits per heavy atom. The minimum atomic E-state index is 0. The van der Waals surface area contributed by atoms with E-state index in [0.29, 0.717) is 0 Å². The highest BCUT2D eigenvalue weighted by molar-refractivity contribution is 6.09. The van der Waals surface area contributed by atoms with E-state index < -0.39 is 0 Å². The molecule has 0 bridgehead atoms. The lowest BCUT2D eigenvalue weighted by Crippen LogP contribution is -2.05. The number of aromatic nitrogens is 2. The summed E-state index contributed by atoms with van der Waals surface area (Å²) in [4.78, 5) is 4.49. The molecule has 3 nitrogen and oxygen atoms in total. The third kappa shape index (κ3) is 3.30. The molecule has 4 heteroatoms. The summed E-state index contributed by atoms with van der Waals surface area (Å²) >= 11 is 0.